The van der Waals surface area contributed by atoms with E-state index in [9.17, 15) is 0 Å². The van der Waals surface area contributed by atoms with Crippen LogP contribution in [0, 0.1) is 0 Å². The average molecular weight is 337 g/mol. The van der Waals surface area contributed by atoms with E-state index in [1.807, 2.05) is 6.33 Å². The van der Waals surface area contributed by atoms with Gasteiger partial charge < -0.3 is 15.2 Å². The molecule has 1 aromatic carbocycles. The maximum atomic E-state index is 5.84. The normalized spacial score (nSPS) is 15.8. The Labute approximate surface area is 147 Å². The van der Waals surface area contributed by atoms with Crippen molar-refractivity contribution >= 4 is 22.7 Å². The van der Waals surface area contributed by atoms with E-state index in [4.69, 9.17) is 5.73 Å². The van der Waals surface area contributed by atoms with Crippen LogP contribution >= 0.6 is 0 Å². The van der Waals surface area contributed by atoms with Crippen molar-refractivity contribution in [3.8, 4) is 0 Å². The first kappa shape index (κ1) is 15.8. The first-order chi connectivity index (χ1) is 12.3. The number of nitrogens with zero attached hydrogens (tertiary/aromatic N) is 6. The molecule has 3 heterocycles. The van der Waals surface area contributed by atoms with Crippen molar-refractivity contribution in [2.45, 2.75) is 13.0 Å². The van der Waals surface area contributed by atoms with Gasteiger partial charge in [-0.2, -0.15) is 0 Å². The second-order valence-corrected chi connectivity index (χ2v) is 6.39. The SMILES string of the molecule is Nc1ncnc2c1ncn2CCCN1CCN(c2ccccc2)CC1. The Morgan fingerprint density at radius 3 is 2.52 bits per heavy atom. The van der Waals surface area contributed by atoms with Crippen LogP contribution in [0.15, 0.2) is 43.0 Å². The average Bonchev–Trinajstić information content (AvgIpc) is 3.08. The molecule has 7 heteroatoms. The molecule has 1 aliphatic rings. The number of imidazole rings is 1. The molecular weight excluding hydrogens is 314 g/mol. The van der Waals surface area contributed by atoms with Gasteiger partial charge in [-0.25, -0.2) is 15.0 Å². The third-order valence-electron chi connectivity index (χ3n) is 4.80. The summed E-state index contributed by atoms with van der Waals surface area (Å²) >= 11 is 0. The molecule has 0 aliphatic carbocycles. The van der Waals surface area contributed by atoms with E-state index in [1.165, 1.54) is 12.0 Å². The molecule has 1 saturated heterocycles. The number of aryl methyl sites for hydroxylation is 1. The molecule has 2 N–H and O–H groups in total. The highest BCUT2D eigenvalue weighted by Gasteiger charge is 2.16. The van der Waals surface area contributed by atoms with Crippen LogP contribution in [-0.4, -0.2) is 57.1 Å². The lowest BCUT2D eigenvalue weighted by Crippen LogP contribution is -2.46. The Bertz CT molecular complexity index is 822. The minimum Gasteiger partial charge on any atom is -0.382 e. The second kappa shape index (κ2) is 7.06. The van der Waals surface area contributed by atoms with Crippen LogP contribution < -0.4 is 10.6 Å². The van der Waals surface area contributed by atoms with Gasteiger partial charge in [0.2, 0.25) is 0 Å². The highest BCUT2D eigenvalue weighted by atomic mass is 15.3. The smallest absolute Gasteiger partial charge is 0.165 e. The zero-order valence-electron chi connectivity index (χ0n) is 14.3. The number of anilines is 2. The zero-order chi connectivity index (χ0) is 17.1. The molecule has 0 unspecified atom stereocenters. The summed E-state index contributed by atoms with van der Waals surface area (Å²) in [4.78, 5) is 17.6. The lowest BCUT2D eigenvalue weighted by Gasteiger charge is -2.36. The molecule has 0 radical (unpaired) electrons. The van der Waals surface area contributed by atoms with Crippen LogP contribution in [0.4, 0.5) is 11.5 Å². The molecule has 0 spiro atoms. The van der Waals surface area contributed by atoms with Crippen molar-refractivity contribution in [3.63, 3.8) is 0 Å². The maximum Gasteiger partial charge on any atom is 0.165 e. The highest BCUT2D eigenvalue weighted by Crippen LogP contribution is 2.17. The van der Waals surface area contributed by atoms with Gasteiger partial charge in [0.1, 0.15) is 11.8 Å². The Morgan fingerprint density at radius 2 is 1.72 bits per heavy atom. The summed E-state index contributed by atoms with van der Waals surface area (Å²) in [6, 6.07) is 10.7. The quantitative estimate of drug-likeness (QED) is 0.762. The highest BCUT2D eigenvalue weighted by molar-refractivity contribution is 5.81. The number of benzene rings is 1. The summed E-state index contributed by atoms with van der Waals surface area (Å²) in [6.45, 7) is 6.36. The summed E-state index contributed by atoms with van der Waals surface area (Å²) in [5, 5.41) is 0. The van der Waals surface area contributed by atoms with E-state index in [2.05, 4.69) is 59.7 Å². The molecule has 0 amide bonds. The molecule has 25 heavy (non-hydrogen) atoms. The van der Waals surface area contributed by atoms with Crippen molar-refractivity contribution in [3.05, 3.63) is 43.0 Å². The molecule has 1 aliphatic heterocycles. The summed E-state index contributed by atoms with van der Waals surface area (Å²) < 4.78 is 2.06. The molecule has 1 fully saturated rings. The van der Waals surface area contributed by atoms with Crippen LogP contribution in [0.2, 0.25) is 0 Å². The first-order valence-electron chi connectivity index (χ1n) is 8.75. The molecule has 4 rings (SSSR count). The number of aromatic nitrogens is 4. The van der Waals surface area contributed by atoms with Crippen LogP contribution in [0.3, 0.4) is 0 Å². The molecule has 0 atom stereocenters. The lowest BCUT2D eigenvalue weighted by atomic mass is 10.2. The minimum atomic E-state index is 0.445. The maximum absolute atomic E-state index is 5.84. The fourth-order valence-corrected chi connectivity index (χ4v) is 3.40. The zero-order valence-corrected chi connectivity index (χ0v) is 14.3. The Balaban J connectivity index is 1.28. The fraction of sp³-hybridized carbons (Fsp3) is 0.389. The summed E-state index contributed by atoms with van der Waals surface area (Å²) in [5.74, 6) is 0.445. The van der Waals surface area contributed by atoms with Crippen molar-refractivity contribution in [1.82, 2.24) is 24.4 Å². The number of piperazine rings is 1. The van der Waals surface area contributed by atoms with Gasteiger partial charge in [-0.3, -0.25) is 4.90 Å². The number of nitrogens with two attached hydrogens (primary N) is 1. The predicted octanol–water partition coefficient (Wildman–Crippen LogP) is 1.62. The number of nitrogen functional groups attached to an aromatic ring is 1. The topological polar surface area (TPSA) is 76.1 Å². The summed E-state index contributed by atoms with van der Waals surface area (Å²) in [6.07, 6.45) is 4.38. The van der Waals surface area contributed by atoms with Crippen LogP contribution in [0.1, 0.15) is 6.42 Å². The molecule has 0 saturated carbocycles. The van der Waals surface area contributed by atoms with Gasteiger partial charge in [-0.15, -0.1) is 0 Å². The van der Waals surface area contributed by atoms with E-state index < -0.39 is 0 Å². The first-order valence-corrected chi connectivity index (χ1v) is 8.75. The number of hydrogen-bond acceptors (Lipinski definition) is 6. The van der Waals surface area contributed by atoms with Crippen LogP contribution in [0.25, 0.3) is 11.2 Å². The molecule has 3 aromatic rings. The van der Waals surface area contributed by atoms with Crippen molar-refractivity contribution in [2.75, 3.05) is 43.4 Å². The van der Waals surface area contributed by atoms with Crippen molar-refractivity contribution in [1.29, 1.82) is 0 Å². The van der Waals surface area contributed by atoms with Gasteiger partial charge in [-0.1, -0.05) is 18.2 Å². The Hall–Kier alpha value is -2.67. The fourth-order valence-electron chi connectivity index (χ4n) is 3.40. The number of fused-ring (bicyclic) bond motifs is 1. The summed E-state index contributed by atoms with van der Waals surface area (Å²) in [7, 11) is 0. The Kier molecular flexibility index (Phi) is 4.47. The van der Waals surface area contributed by atoms with E-state index in [0.717, 1.165) is 51.3 Å². The molecule has 0 bridgehead atoms. The van der Waals surface area contributed by atoms with Gasteiger partial charge in [0.25, 0.3) is 0 Å². The molecular formula is C18H23N7. The van der Waals surface area contributed by atoms with E-state index >= 15 is 0 Å². The number of hydrogen-bond donors (Lipinski definition) is 1. The summed E-state index contributed by atoms with van der Waals surface area (Å²) in [5.41, 5.74) is 8.67. The molecule has 2 aromatic heterocycles. The largest absolute Gasteiger partial charge is 0.382 e. The minimum absolute atomic E-state index is 0.445. The number of rotatable bonds is 5. The predicted molar refractivity (Wildman–Crippen MR) is 99.4 cm³/mol. The van der Waals surface area contributed by atoms with Gasteiger partial charge in [-0.05, 0) is 25.1 Å². The Morgan fingerprint density at radius 1 is 0.920 bits per heavy atom. The monoisotopic (exact) mass is 337 g/mol. The second-order valence-electron chi connectivity index (χ2n) is 6.39. The van der Waals surface area contributed by atoms with Crippen LogP contribution in [-0.2, 0) is 6.54 Å². The third-order valence-corrected chi connectivity index (χ3v) is 4.80. The molecule has 7 nitrogen and oxygen atoms in total. The van der Waals surface area contributed by atoms with Crippen molar-refractivity contribution < 1.29 is 0 Å². The number of para-hydroxylation sites is 1. The third kappa shape index (κ3) is 3.41. The van der Waals surface area contributed by atoms with Gasteiger partial charge >= 0.3 is 0 Å². The van der Waals surface area contributed by atoms with Gasteiger partial charge in [0, 0.05) is 38.4 Å². The van der Waals surface area contributed by atoms with E-state index in [-0.39, 0.29) is 0 Å². The van der Waals surface area contributed by atoms with Gasteiger partial charge in [0.05, 0.1) is 6.33 Å². The van der Waals surface area contributed by atoms with Crippen molar-refractivity contribution in [2.24, 2.45) is 0 Å². The molecule has 130 valence electrons. The van der Waals surface area contributed by atoms with Gasteiger partial charge in [0.15, 0.2) is 11.5 Å². The van der Waals surface area contributed by atoms with E-state index in [1.54, 1.807) is 0 Å². The standard InChI is InChI=1S/C18H23N7/c19-17-16-18(21-13-20-17)25(14-22-16)8-4-7-23-9-11-24(12-10-23)15-5-2-1-3-6-15/h1-3,5-6,13-14H,4,7-12H2,(H2,19,20,21). The van der Waals surface area contributed by atoms with E-state index in [0.29, 0.717) is 11.3 Å². The lowest BCUT2D eigenvalue weighted by molar-refractivity contribution is 0.251. The van der Waals surface area contributed by atoms with Crippen LogP contribution in [0.5, 0.6) is 0 Å².